The largest absolute Gasteiger partial charge is 0.479 e. The van der Waals surface area contributed by atoms with E-state index >= 15 is 0 Å². The fraction of sp³-hybridized carbons (Fsp3) is 0.200. The van der Waals surface area contributed by atoms with Gasteiger partial charge in [0.1, 0.15) is 0 Å². The van der Waals surface area contributed by atoms with Gasteiger partial charge in [0.2, 0.25) is 5.67 Å². The van der Waals surface area contributed by atoms with E-state index in [0.29, 0.717) is 5.69 Å². The van der Waals surface area contributed by atoms with Crippen LogP contribution in [0.3, 0.4) is 0 Å². The zero-order chi connectivity index (χ0) is 12.3. The SMILES string of the molecule is CC(F)(C(=O)O)c1cccc(NC(N)=S)c1. The van der Waals surface area contributed by atoms with Crippen molar-refractivity contribution in [3.8, 4) is 0 Å². The van der Waals surface area contributed by atoms with Crippen LogP contribution in [-0.4, -0.2) is 16.2 Å². The highest BCUT2D eigenvalue weighted by atomic mass is 32.1. The second-order valence-corrected chi connectivity index (χ2v) is 3.82. The summed E-state index contributed by atoms with van der Waals surface area (Å²) in [6.07, 6.45) is 0. The summed E-state index contributed by atoms with van der Waals surface area (Å²) < 4.78 is 13.8. The summed E-state index contributed by atoms with van der Waals surface area (Å²) in [5.74, 6) is -1.54. The Morgan fingerprint density at radius 2 is 2.25 bits per heavy atom. The summed E-state index contributed by atoms with van der Waals surface area (Å²) in [4.78, 5) is 10.7. The van der Waals surface area contributed by atoms with Crippen LogP contribution in [0.15, 0.2) is 24.3 Å². The molecule has 0 saturated carbocycles. The Bertz CT molecular complexity index is 435. The number of rotatable bonds is 3. The summed E-state index contributed by atoms with van der Waals surface area (Å²) in [6, 6.07) is 5.88. The van der Waals surface area contributed by atoms with Crippen molar-refractivity contribution < 1.29 is 14.3 Å². The van der Waals surface area contributed by atoms with Gasteiger partial charge in [0, 0.05) is 11.3 Å². The number of carbonyl (C=O) groups is 1. The molecule has 0 fully saturated rings. The summed E-state index contributed by atoms with van der Waals surface area (Å²) in [7, 11) is 0. The van der Waals surface area contributed by atoms with Crippen molar-refractivity contribution in [3.63, 3.8) is 0 Å². The van der Waals surface area contributed by atoms with Crippen molar-refractivity contribution in [1.29, 1.82) is 0 Å². The molecule has 0 spiro atoms. The molecule has 1 unspecified atom stereocenters. The van der Waals surface area contributed by atoms with Gasteiger partial charge in [0.15, 0.2) is 5.11 Å². The molecule has 0 amide bonds. The summed E-state index contributed by atoms with van der Waals surface area (Å²) in [6.45, 7) is 0.981. The van der Waals surface area contributed by atoms with E-state index in [-0.39, 0.29) is 10.7 Å². The number of carboxylic acids is 1. The first-order valence-electron chi connectivity index (χ1n) is 4.43. The van der Waals surface area contributed by atoms with Crippen molar-refractivity contribution in [2.75, 3.05) is 5.32 Å². The van der Waals surface area contributed by atoms with Crippen LogP contribution in [0.5, 0.6) is 0 Å². The normalized spacial score (nSPS) is 13.9. The van der Waals surface area contributed by atoms with Crippen LogP contribution in [0.1, 0.15) is 12.5 Å². The van der Waals surface area contributed by atoms with Crippen molar-refractivity contribution in [3.05, 3.63) is 29.8 Å². The molecule has 6 heteroatoms. The van der Waals surface area contributed by atoms with Gasteiger partial charge >= 0.3 is 5.97 Å². The highest BCUT2D eigenvalue weighted by molar-refractivity contribution is 7.80. The lowest BCUT2D eigenvalue weighted by molar-refractivity contribution is -0.150. The average molecular weight is 242 g/mol. The number of aliphatic carboxylic acids is 1. The molecular formula is C10H11FN2O2S. The Labute approximate surface area is 97.3 Å². The molecule has 1 rings (SSSR count). The van der Waals surface area contributed by atoms with Crippen molar-refractivity contribution in [2.45, 2.75) is 12.6 Å². The molecule has 4 nitrogen and oxygen atoms in total. The van der Waals surface area contributed by atoms with Gasteiger partial charge in [-0.1, -0.05) is 12.1 Å². The minimum atomic E-state index is -2.44. The maximum absolute atomic E-state index is 13.8. The molecular weight excluding hydrogens is 231 g/mol. The van der Waals surface area contributed by atoms with Gasteiger partial charge in [-0.05, 0) is 31.3 Å². The highest BCUT2D eigenvalue weighted by Gasteiger charge is 2.35. The number of hydrogen-bond donors (Lipinski definition) is 3. The van der Waals surface area contributed by atoms with Gasteiger partial charge in [-0.25, -0.2) is 9.18 Å². The number of thiocarbonyl (C=S) groups is 1. The van der Waals surface area contributed by atoms with Gasteiger partial charge < -0.3 is 16.2 Å². The average Bonchev–Trinajstić information content (AvgIpc) is 2.16. The van der Waals surface area contributed by atoms with E-state index in [1.54, 1.807) is 6.07 Å². The van der Waals surface area contributed by atoms with E-state index < -0.39 is 11.6 Å². The van der Waals surface area contributed by atoms with Crippen LogP contribution in [-0.2, 0) is 10.5 Å². The first-order chi connectivity index (χ1) is 7.34. The zero-order valence-electron chi connectivity index (χ0n) is 8.53. The number of halogens is 1. The predicted octanol–water partition coefficient (Wildman–Crippen LogP) is 1.61. The van der Waals surface area contributed by atoms with Crippen molar-refractivity contribution >= 4 is 29.0 Å². The molecule has 0 saturated heterocycles. The van der Waals surface area contributed by atoms with Crippen molar-refractivity contribution in [2.24, 2.45) is 5.73 Å². The second-order valence-electron chi connectivity index (χ2n) is 3.38. The number of anilines is 1. The lowest BCUT2D eigenvalue weighted by Crippen LogP contribution is -2.27. The van der Waals surface area contributed by atoms with E-state index in [0.717, 1.165) is 6.92 Å². The van der Waals surface area contributed by atoms with Gasteiger partial charge in [0.25, 0.3) is 0 Å². The van der Waals surface area contributed by atoms with E-state index in [1.165, 1.54) is 18.2 Å². The molecule has 0 aromatic heterocycles. The summed E-state index contributed by atoms with van der Waals surface area (Å²) in [5, 5.41) is 11.4. The lowest BCUT2D eigenvalue weighted by atomic mass is 9.98. The Hall–Kier alpha value is -1.69. The van der Waals surface area contributed by atoms with E-state index in [9.17, 15) is 9.18 Å². The van der Waals surface area contributed by atoms with E-state index in [2.05, 4.69) is 17.5 Å². The van der Waals surface area contributed by atoms with Crippen LogP contribution in [0.2, 0.25) is 0 Å². The molecule has 0 aliphatic heterocycles. The minimum Gasteiger partial charge on any atom is -0.479 e. The molecule has 16 heavy (non-hydrogen) atoms. The number of carboxylic acid groups (broad SMARTS) is 1. The Kier molecular flexibility index (Phi) is 3.44. The van der Waals surface area contributed by atoms with E-state index in [1.807, 2.05) is 0 Å². The predicted molar refractivity (Wildman–Crippen MR) is 62.9 cm³/mol. The highest BCUT2D eigenvalue weighted by Crippen LogP contribution is 2.27. The monoisotopic (exact) mass is 242 g/mol. The number of hydrogen-bond acceptors (Lipinski definition) is 2. The third-order valence-corrected chi connectivity index (χ3v) is 2.18. The van der Waals surface area contributed by atoms with Crippen LogP contribution >= 0.6 is 12.2 Å². The Morgan fingerprint density at radius 1 is 1.62 bits per heavy atom. The quantitative estimate of drug-likeness (QED) is 0.702. The molecule has 1 atom stereocenters. The van der Waals surface area contributed by atoms with Gasteiger partial charge in [0.05, 0.1) is 0 Å². The topological polar surface area (TPSA) is 75.3 Å². The first kappa shape index (κ1) is 12.4. The van der Waals surface area contributed by atoms with Crippen LogP contribution in [0.25, 0.3) is 0 Å². The molecule has 1 aromatic carbocycles. The van der Waals surface area contributed by atoms with Gasteiger partial charge in [-0.3, -0.25) is 0 Å². The number of alkyl halides is 1. The third-order valence-electron chi connectivity index (χ3n) is 2.07. The van der Waals surface area contributed by atoms with Gasteiger partial charge in [-0.2, -0.15) is 0 Å². The maximum atomic E-state index is 13.8. The molecule has 4 N–H and O–H groups in total. The summed E-state index contributed by atoms with van der Waals surface area (Å²) >= 11 is 4.62. The molecule has 0 aliphatic rings. The fourth-order valence-corrected chi connectivity index (χ4v) is 1.27. The third kappa shape index (κ3) is 2.66. The minimum absolute atomic E-state index is 0.0289. The maximum Gasteiger partial charge on any atom is 0.345 e. The molecule has 1 aromatic rings. The zero-order valence-corrected chi connectivity index (χ0v) is 9.34. The van der Waals surface area contributed by atoms with Crippen LogP contribution in [0, 0.1) is 0 Å². The molecule has 0 heterocycles. The number of benzene rings is 1. The second kappa shape index (κ2) is 4.44. The van der Waals surface area contributed by atoms with E-state index in [4.69, 9.17) is 10.8 Å². The van der Waals surface area contributed by atoms with Crippen molar-refractivity contribution in [1.82, 2.24) is 0 Å². The Balaban J connectivity index is 3.07. The lowest BCUT2D eigenvalue weighted by Gasteiger charge is -2.16. The smallest absolute Gasteiger partial charge is 0.345 e. The molecule has 0 radical (unpaired) electrons. The van der Waals surface area contributed by atoms with Crippen LogP contribution in [0.4, 0.5) is 10.1 Å². The first-order valence-corrected chi connectivity index (χ1v) is 4.84. The van der Waals surface area contributed by atoms with Gasteiger partial charge in [-0.15, -0.1) is 0 Å². The molecule has 0 aliphatic carbocycles. The van der Waals surface area contributed by atoms with Crippen LogP contribution < -0.4 is 11.1 Å². The number of nitrogens with two attached hydrogens (primary N) is 1. The fourth-order valence-electron chi connectivity index (χ4n) is 1.15. The molecule has 86 valence electrons. The number of nitrogens with one attached hydrogen (secondary N) is 1. The summed E-state index contributed by atoms with van der Waals surface area (Å²) in [5.41, 5.74) is 3.30. The standard InChI is InChI=1S/C10H11FN2O2S/c1-10(11,8(14)15)6-3-2-4-7(5-6)13-9(12)16/h2-5H,1H3,(H,14,15)(H3,12,13,16). The molecule has 0 bridgehead atoms. The Morgan fingerprint density at radius 3 is 2.75 bits per heavy atom.